The number of fused-ring (bicyclic) bond motifs is 1. The number of imidazole rings is 1. The van der Waals surface area contributed by atoms with Gasteiger partial charge in [-0.05, 0) is 5.56 Å². The highest BCUT2D eigenvalue weighted by atomic mass is 16.4. The highest BCUT2D eigenvalue weighted by Gasteiger charge is 2.45. The molecule has 3 rings (SSSR count). The number of hydrogen-bond acceptors (Lipinski definition) is 5. The Hall–Kier alpha value is -2.22. The predicted molar refractivity (Wildman–Crippen MR) is 75.1 cm³/mol. The number of aliphatic carboxylic acids is 1. The summed E-state index contributed by atoms with van der Waals surface area (Å²) in [6, 6.07) is 8.10. The number of carbonyl (C=O) groups is 1. The first-order valence-electron chi connectivity index (χ1n) is 6.87. The quantitative estimate of drug-likeness (QED) is 0.628. The third-order valence-corrected chi connectivity index (χ3v) is 3.85. The van der Waals surface area contributed by atoms with Crippen LogP contribution < -0.4 is 0 Å². The number of aliphatic hydroxyl groups is 3. The van der Waals surface area contributed by atoms with Crippen LogP contribution >= 0.6 is 0 Å². The summed E-state index contributed by atoms with van der Waals surface area (Å²) in [5.74, 6) is -1.24. The molecule has 0 amide bonds. The van der Waals surface area contributed by atoms with Crippen LogP contribution in [0, 0.1) is 0 Å². The number of hydrogen-bond donors (Lipinski definition) is 4. The number of aliphatic hydroxyl groups excluding tert-OH is 3. The van der Waals surface area contributed by atoms with Crippen LogP contribution in [0.2, 0.25) is 0 Å². The Morgan fingerprint density at radius 3 is 2.45 bits per heavy atom. The molecule has 0 saturated carbocycles. The fraction of sp³-hybridized carbons (Fsp3) is 0.333. The van der Waals surface area contributed by atoms with E-state index in [-0.39, 0.29) is 5.82 Å². The molecular weight excluding hydrogens is 288 g/mol. The van der Waals surface area contributed by atoms with Crippen molar-refractivity contribution in [2.45, 2.75) is 30.8 Å². The highest BCUT2D eigenvalue weighted by Crippen LogP contribution is 2.33. The molecule has 4 atom stereocenters. The van der Waals surface area contributed by atoms with Crippen molar-refractivity contribution in [2.75, 3.05) is 0 Å². The number of benzene rings is 1. The minimum absolute atomic E-state index is 0.0520. The van der Waals surface area contributed by atoms with Crippen molar-refractivity contribution in [3.63, 3.8) is 0 Å². The summed E-state index contributed by atoms with van der Waals surface area (Å²) in [4.78, 5) is 15.6. The van der Waals surface area contributed by atoms with E-state index in [1.807, 2.05) is 30.3 Å². The molecule has 0 spiro atoms. The molecule has 0 aliphatic carbocycles. The van der Waals surface area contributed by atoms with E-state index in [9.17, 15) is 25.2 Å². The molecule has 0 fully saturated rings. The molecule has 7 nitrogen and oxygen atoms in total. The average molecular weight is 304 g/mol. The van der Waals surface area contributed by atoms with Crippen LogP contribution in [0.15, 0.2) is 36.5 Å². The summed E-state index contributed by atoms with van der Waals surface area (Å²) >= 11 is 0. The van der Waals surface area contributed by atoms with Crippen LogP contribution in [-0.4, -0.2) is 48.2 Å². The Kier molecular flexibility index (Phi) is 3.69. The summed E-state index contributed by atoms with van der Waals surface area (Å²) in [6.45, 7) is 0. The fourth-order valence-electron chi connectivity index (χ4n) is 2.75. The molecule has 0 saturated heterocycles. The normalized spacial score (nSPS) is 27.4. The Morgan fingerprint density at radius 1 is 1.14 bits per heavy atom. The molecule has 2 aromatic rings. The smallest absolute Gasteiger partial charge is 0.329 e. The van der Waals surface area contributed by atoms with Gasteiger partial charge < -0.3 is 25.0 Å². The number of nitrogens with zero attached hydrogens (tertiary/aromatic N) is 2. The first-order chi connectivity index (χ1) is 10.5. The highest BCUT2D eigenvalue weighted by molar-refractivity contribution is 5.73. The first kappa shape index (κ1) is 14.7. The largest absolute Gasteiger partial charge is 0.480 e. The lowest BCUT2D eigenvalue weighted by molar-refractivity contribution is -0.156. The maximum atomic E-state index is 11.3. The fourth-order valence-corrected chi connectivity index (χ4v) is 2.75. The van der Waals surface area contributed by atoms with Crippen LogP contribution in [0.4, 0.5) is 0 Å². The maximum Gasteiger partial charge on any atom is 0.329 e. The van der Waals surface area contributed by atoms with Crippen molar-refractivity contribution in [3.05, 3.63) is 53.6 Å². The summed E-state index contributed by atoms with van der Waals surface area (Å²) < 4.78 is 1.22. The molecule has 2 heterocycles. The molecule has 0 bridgehead atoms. The average Bonchev–Trinajstić information content (AvgIpc) is 2.89. The van der Waals surface area contributed by atoms with Gasteiger partial charge >= 0.3 is 5.97 Å². The second-order valence-electron chi connectivity index (χ2n) is 5.37. The second kappa shape index (κ2) is 5.53. The van der Waals surface area contributed by atoms with Gasteiger partial charge in [-0.25, -0.2) is 9.78 Å². The van der Waals surface area contributed by atoms with Crippen LogP contribution in [-0.2, 0) is 11.2 Å². The van der Waals surface area contributed by atoms with Crippen molar-refractivity contribution < 1.29 is 25.2 Å². The van der Waals surface area contributed by atoms with Gasteiger partial charge in [0.05, 0.1) is 5.69 Å². The van der Waals surface area contributed by atoms with Gasteiger partial charge in [0.2, 0.25) is 0 Å². The van der Waals surface area contributed by atoms with Gasteiger partial charge in [-0.15, -0.1) is 0 Å². The molecule has 116 valence electrons. The molecule has 7 heteroatoms. The lowest BCUT2D eigenvalue weighted by Crippen LogP contribution is -2.47. The van der Waals surface area contributed by atoms with Gasteiger partial charge in [-0.1, -0.05) is 30.3 Å². The van der Waals surface area contributed by atoms with Crippen LogP contribution in [0.5, 0.6) is 0 Å². The first-order valence-corrected chi connectivity index (χ1v) is 6.87. The number of aromatic nitrogens is 2. The van der Waals surface area contributed by atoms with Gasteiger partial charge in [0.25, 0.3) is 0 Å². The van der Waals surface area contributed by atoms with E-state index in [0.717, 1.165) is 5.56 Å². The number of rotatable bonds is 3. The van der Waals surface area contributed by atoms with Gasteiger partial charge in [0, 0.05) is 12.6 Å². The molecule has 4 N–H and O–H groups in total. The molecular formula is C15H16N2O5. The summed E-state index contributed by atoms with van der Waals surface area (Å²) in [6.07, 6.45) is -2.64. The third-order valence-electron chi connectivity index (χ3n) is 3.85. The topological polar surface area (TPSA) is 116 Å². The lowest BCUT2D eigenvalue weighted by atomic mass is 9.96. The van der Waals surface area contributed by atoms with E-state index < -0.39 is 30.3 Å². The maximum absolute atomic E-state index is 11.3. The Balaban J connectivity index is 1.99. The zero-order chi connectivity index (χ0) is 15.9. The summed E-state index contributed by atoms with van der Waals surface area (Å²) in [7, 11) is 0. The van der Waals surface area contributed by atoms with Crippen molar-refractivity contribution >= 4 is 5.97 Å². The van der Waals surface area contributed by atoms with Crippen molar-refractivity contribution in [1.29, 1.82) is 0 Å². The van der Waals surface area contributed by atoms with Crippen molar-refractivity contribution in [2.24, 2.45) is 0 Å². The lowest BCUT2D eigenvalue weighted by Gasteiger charge is -2.33. The Bertz CT molecular complexity index is 684. The second-order valence-corrected chi connectivity index (χ2v) is 5.37. The van der Waals surface area contributed by atoms with Gasteiger partial charge in [0.1, 0.15) is 24.1 Å². The van der Waals surface area contributed by atoms with Gasteiger partial charge in [-0.2, -0.15) is 0 Å². The molecule has 22 heavy (non-hydrogen) atoms. The predicted octanol–water partition coefficient (Wildman–Crippen LogP) is -0.132. The molecule has 1 aliphatic heterocycles. The van der Waals surface area contributed by atoms with E-state index >= 15 is 0 Å². The van der Waals surface area contributed by atoms with E-state index in [0.29, 0.717) is 12.1 Å². The Morgan fingerprint density at radius 2 is 1.82 bits per heavy atom. The molecule has 1 aromatic carbocycles. The SMILES string of the molecule is O=C(O)[C@@H]1[C@@H](O)[C@H](O)[C@@H](O)c2nc(Cc3ccccc3)cn21. The molecule has 0 radical (unpaired) electrons. The van der Waals surface area contributed by atoms with E-state index in [1.54, 1.807) is 0 Å². The Labute approximate surface area is 126 Å². The minimum Gasteiger partial charge on any atom is -0.480 e. The third kappa shape index (κ3) is 2.39. The molecule has 1 aliphatic rings. The minimum atomic E-state index is -1.60. The van der Waals surface area contributed by atoms with Crippen LogP contribution in [0.25, 0.3) is 0 Å². The van der Waals surface area contributed by atoms with Gasteiger partial charge in [0.15, 0.2) is 6.04 Å². The van der Waals surface area contributed by atoms with Gasteiger partial charge in [-0.3, -0.25) is 0 Å². The van der Waals surface area contributed by atoms with Crippen molar-refractivity contribution in [1.82, 2.24) is 9.55 Å². The zero-order valence-electron chi connectivity index (χ0n) is 11.6. The molecule has 0 unspecified atom stereocenters. The number of carboxylic acids is 1. The van der Waals surface area contributed by atoms with Crippen LogP contribution in [0.1, 0.15) is 29.2 Å². The van der Waals surface area contributed by atoms with E-state index in [2.05, 4.69) is 4.98 Å². The monoisotopic (exact) mass is 304 g/mol. The van der Waals surface area contributed by atoms with Crippen molar-refractivity contribution in [3.8, 4) is 0 Å². The standard InChI is InChI=1S/C15H16N2O5/c18-11-10(15(21)22)17-7-9(6-8-4-2-1-3-5-8)16-14(17)13(20)12(11)19/h1-5,7,10-13,18-20H,6H2,(H,21,22)/t10-,11+,12-,13+/m0/s1. The summed E-state index contributed by atoms with van der Waals surface area (Å²) in [5.41, 5.74) is 1.55. The number of carboxylic acid groups (broad SMARTS) is 1. The molecule has 1 aromatic heterocycles. The van der Waals surface area contributed by atoms with Crippen LogP contribution in [0.3, 0.4) is 0 Å². The van der Waals surface area contributed by atoms with E-state index in [1.165, 1.54) is 10.8 Å². The van der Waals surface area contributed by atoms with E-state index in [4.69, 9.17) is 0 Å². The summed E-state index contributed by atoms with van der Waals surface area (Å²) in [5, 5.41) is 38.9. The zero-order valence-corrected chi connectivity index (χ0v) is 11.6.